The molecule has 2 N–H and O–H groups in total. The van der Waals surface area contributed by atoms with Gasteiger partial charge in [0.2, 0.25) is 0 Å². The highest BCUT2D eigenvalue weighted by atomic mass is 32.2. The van der Waals surface area contributed by atoms with Gasteiger partial charge in [0.05, 0.1) is 4.90 Å². The lowest BCUT2D eigenvalue weighted by atomic mass is 10.1. The van der Waals surface area contributed by atoms with Crippen LogP contribution < -0.4 is 5.73 Å². The highest BCUT2D eigenvalue weighted by Gasteiger charge is 2.10. The molecule has 0 aliphatic heterocycles. The fourth-order valence-corrected chi connectivity index (χ4v) is 2.35. The summed E-state index contributed by atoms with van der Waals surface area (Å²) in [6.45, 7) is 0. The van der Waals surface area contributed by atoms with Crippen LogP contribution in [-0.2, 0) is 10.1 Å². The molecule has 2 aromatic carbocycles. The van der Waals surface area contributed by atoms with Crippen LogP contribution >= 0.6 is 0 Å². The second kappa shape index (κ2) is 3.22. The van der Waals surface area contributed by atoms with Crippen LogP contribution in [0.15, 0.2) is 41.3 Å². The van der Waals surface area contributed by atoms with Gasteiger partial charge in [-0.25, -0.2) is 8.42 Å². The molecule has 0 aromatic heterocycles. The molecule has 0 fully saturated rings. The highest BCUT2D eigenvalue weighted by Crippen LogP contribution is 2.27. The van der Waals surface area contributed by atoms with E-state index in [2.05, 4.69) is 0 Å². The molecule has 5 heteroatoms. The molecule has 78 valence electrons. The summed E-state index contributed by atoms with van der Waals surface area (Å²) in [5, 5.41) is 1.05. The number of nitrogen functional groups attached to an aromatic ring is 1. The van der Waals surface area contributed by atoms with Crippen molar-refractivity contribution >= 4 is 26.6 Å². The Morgan fingerprint density at radius 3 is 2.40 bits per heavy atom. The quantitative estimate of drug-likeness (QED) is 0.582. The van der Waals surface area contributed by atoms with E-state index < -0.39 is 10.1 Å². The Labute approximate surface area is 87.1 Å². The van der Waals surface area contributed by atoms with Gasteiger partial charge in [0.25, 0.3) is 0 Å². The first-order valence-corrected chi connectivity index (χ1v) is 5.64. The van der Waals surface area contributed by atoms with Crippen molar-refractivity contribution in [2.75, 3.05) is 5.73 Å². The van der Waals surface area contributed by atoms with E-state index in [1.54, 1.807) is 30.3 Å². The summed E-state index contributed by atoms with van der Waals surface area (Å²) in [6, 6.07) is 9.82. The van der Waals surface area contributed by atoms with Gasteiger partial charge in [-0.05, 0) is 11.5 Å². The Kier molecular flexibility index (Phi) is 2.13. The number of rotatable bonds is 1. The van der Waals surface area contributed by atoms with E-state index in [0.717, 1.165) is 0 Å². The molecule has 0 bridgehead atoms. The fraction of sp³-hybridized carbons (Fsp3) is 0. The van der Waals surface area contributed by atoms with Gasteiger partial charge in [-0.1, -0.05) is 30.3 Å². The molecule has 0 amide bonds. The average Bonchev–Trinajstić information content (AvgIpc) is 2.15. The minimum absolute atomic E-state index is 0.0105. The Hall–Kier alpha value is -1.59. The zero-order valence-corrected chi connectivity index (χ0v) is 8.49. The maximum atomic E-state index is 11.0. The monoisotopic (exact) mass is 222 g/mol. The van der Waals surface area contributed by atoms with Crippen LogP contribution in [0.3, 0.4) is 0 Å². The Morgan fingerprint density at radius 2 is 1.73 bits per heavy atom. The largest absolute Gasteiger partial charge is 0.744 e. The Bertz CT molecular complexity index is 620. The number of fused-ring (bicyclic) bond motifs is 1. The molecule has 2 aromatic rings. The van der Waals surface area contributed by atoms with E-state index in [9.17, 15) is 13.0 Å². The van der Waals surface area contributed by atoms with Crippen molar-refractivity contribution in [1.29, 1.82) is 0 Å². The summed E-state index contributed by atoms with van der Waals surface area (Å²) in [4.78, 5) is -0.333. The van der Waals surface area contributed by atoms with Gasteiger partial charge >= 0.3 is 0 Å². The first-order chi connectivity index (χ1) is 7.00. The van der Waals surface area contributed by atoms with Gasteiger partial charge in [-0.15, -0.1) is 0 Å². The molecule has 2 rings (SSSR count). The van der Waals surface area contributed by atoms with E-state index in [1.165, 1.54) is 6.07 Å². The molecule has 0 radical (unpaired) electrons. The third-order valence-corrected chi connectivity index (χ3v) is 3.12. The molecule has 15 heavy (non-hydrogen) atoms. The molecule has 0 heterocycles. The zero-order valence-electron chi connectivity index (χ0n) is 7.67. The number of benzene rings is 2. The summed E-state index contributed by atoms with van der Waals surface area (Å²) in [6.07, 6.45) is 0. The molecule has 0 unspecified atom stereocenters. The number of hydrogen-bond acceptors (Lipinski definition) is 4. The fourth-order valence-electron chi connectivity index (χ4n) is 1.54. The van der Waals surface area contributed by atoms with Crippen LogP contribution in [0, 0.1) is 0 Å². The predicted octanol–water partition coefficient (Wildman–Crippen LogP) is 1.33. The molecule has 0 saturated heterocycles. The summed E-state index contributed by atoms with van der Waals surface area (Å²) in [7, 11) is -4.54. The van der Waals surface area contributed by atoms with E-state index in [0.29, 0.717) is 10.8 Å². The maximum absolute atomic E-state index is 11.0. The molecule has 4 nitrogen and oxygen atoms in total. The van der Waals surface area contributed by atoms with Crippen molar-refractivity contribution in [3.8, 4) is 0 Å². The number of anilines is 1. The number of hydrogen-bond donors (Lipinski definition) is 1. The second-order valence-electron chi connectivity index (χ2n) is 3.16. The van der Waals surface area contributed by atoms with Crippen molar-refractivity contribution < 1.29 is 13.0 Å². The highest BCUT2D eigenvalue weighted by molar-refractivity contribution is 7.86. The first-order valence-electron chi connectivity index (χ1n) is 4.23. The molecule has 0 aliphatic carbocycles. The summed E-state index contributed by atoms with van der Waals surface area (Å²) in [5.41, 5.74) is 5.48. The molecule has 0 aliphatic rings. The molecule has 0 atom stereocenters. The lowest BCUT2D eigenvalue weighted by Crippen LogP contribution is -2.04. The Balaban J connectivity index is 2.99. The van der Waals surface area contributed by atoms with E-state index in [1.807, 2.05) is 0 Å². The van der Waals surface area contributed by atoms with Crippen molar-refractivity contribution in [1.82, 2.24) is 0 Å². The molecule has 0 spiro atoms. The third-order valence-electron chi connectivity index (χ3n) is 2.16. The van der Waals surface area contributed by atoms with E-state index in [4.69, 9.17) is 5.73 Å². The van der Waals surface area contributed by atoms with Crippen molar-refractivity contribution in [3.05, 3.63) is 36.4 Å². The summed E-state index contributed by atoms with van der Waals surface area (Å²) >= 11 is 0. The topological polar surface area (TPSA) is 83.2 Å². The predicted molar refractivity (Wildman–Crippen MR) is 56.3 cm³/mol. The third kappa shape index (κ3) is 1.67. The molecule has 0 saturated carbocycles. The molecular weight excluding hydrogens is 214 g/mol. The average molecular weight is 222 g/mol. The van der Waals surface area contributed by atoms with E-state index in [-0.39, 0.29) is 10.6 Å². The smallest absolute Gasteiger partial charge is 0.127 e. The lowest BCUT2D eigenvalue weighted by molar-refractivity contribution is 0.464. The standard InChI is InChI=1S/C10H9NO3S/c11-9-6-5-7-3-1-2-4-8(7)10(9)15(12,13)14/h1-6H,11H2,(H,12,13,14)/p-1. The second-order valence-corrected chi connectivity index (χ2v) is 4.48. The van der Waals surface area contributed by atoms with Crippen LogP contribution in [0.2, 0.25) is 0 Å². The number of nitrogens with two attached hydrogens (primary N) is 1. The van der Waals surface area contributed by atoms with Crippen LogP contribution in [-0.4, -0.2) is 13.0 Å². The summed E-state index contributed by atoms with van der Waals surface area (Å²) in [5.74, 6) is 0. The van der Waals surface area contributed by atoms with Crippen LogP contribution in [0.4, 0.5) is 5.69 Å². The lowest BCUT2D eigenvalue weighted by Gasteiger charge is -2.12. The van der Waals surface area contributed by atoms with Crippen LogP contribution in [0.1, 0.15) is 0 Å². The van der Waals surface area contributed by atoms with Gasteiger partial charge in [-0.2, -0.15) is 0 Å². The maximum Gasteiger partial charge on any atom is 0.127 e. The normalized spacial score (nSPS) is 11.8. The Morgan fingerprint density at radius 1 is 1.07 bits per heavy atom. The van der Waals surface area contributed by atoms with E-state index >= 15 is 0 Å². The minimum Gasteiger partial charge on any atom is -0.744 e. The SMILES string of the molecule is Nc1ccc2ccccc2c1S(=O)(=O)[O-]. The van der Waals surface area contributed by atoms with Crippen molar-refractivity contribution in [2.24, 2.45) is 0 Å². The van der Waals surface area contributed by atoms with Gasteiger partial charge in [0, 0.05) is 11.1 Å². The van der Waals surface area contributed by atoms with Gasteiger partial charge in [0.15, 0.2) is 0 Å². The summed E-state index contributed by atoms with van der Waals surface area (Å²) < 4.78 is 33.1. The molecular formula is C10H8NO3S-. The van der Waals surface area contributed by atoms with Crippen molar-refractivity contribution in [2.45, 2.75) is 4.90 Å². The van der Waals surface area contributed by atoms with Gasteiger partial charge in [0.1, 0.15) is 10.1 Å². The first kappa shape index (κ1) is 9.95. The van der Waals surface area contributed by atoms with Gasteiger partial charge < -0.3 is 10.3 Å². The van der Waals surface area contributed by atoms with Crippen molar-refractivity contribution in [3.63, 3.8) is 0 Å². The zero-order chi connectivity index (χ0) is 11.1. The van der Waals surface area contributed by atoms with Crippen LogP contribution in [0.25, 0.3) is 10.8 Å². The van der Waals surface area contributed by atoms with Gasteiger partial charge in [-0.3, -0.25) is 0 Å². The minimum atomic E-state index is -4.54. The van der Waals surface area contributed by atoms with Crippen LogP contribution in [0.5, 0.6) is 0 Å².